The molecular weight excluding hydrogens is 416 g/mol. The van der Waals surface area contributed by atoms with Gasteiger partial charge in [-0.2, -0.15) is 0 Å². The highest BCUT2D eigenvalue weighted by Gasteiger charge is 2.29. The zero-order valence-corrected chi connectivity index (χ0v) is 18.3. The molecule has 1 N–H and O–H groups in total. The minimum absolute atomic E-state index is 0.0727. The molecule has 0 aliphatic heterocycles. The Hall–Kier alpha value is -3.52. The molecule has 162 valence electrons. The Morgan fingerprint density at radius 2 is 1.61 bits per heavy atom. The van der Waals surface area contributed by atoms with Gasteiger partial charge in [-0.05, 0) is 43.3 Å². The molecule has 0 spiro atoms. The van der Waals surface area contributed by atoms with Gasteiger partial charge in [-0.1, -0.05) is 35.9 Å². The van der Waals surface area contributed by atoms with E-state index >= 15 is 0 Å². The van der Waals surface area contributed by atoms with Crippen LogP contribution in [-0.4, -0.2) is 35.1 Å². The van der Waals surface area contributed by atoms with Crippen LogP contribution in [0.1, 0.15) is 5.56 Å². The minimum atomic E-state index is -4.06. The highest BCUT2D eigenvalue weighted by Crippen LogP contribution is 2.35. The number of amides is 1. The number of rotatable bonds is 8. The molecule has 0 aliphatic rings. The molecule has 0 atom stereocenters. The maximum Gasteiger partial charge on any atom is 0.264 e. The van der Waals surface area contributed by atoms with Gasteiger partial charge < -0.3 is 14.8 Å². The summed E-state index contributed by atoms with van der Waals surface area (Å²) < 4.78 is 38.7. The predicted molar refractivity (Wildman–Crippen MR) is 120 cm³/mol. The molecule has 3 aromatic carbocycles. The molecule has 0 radical (unpaired) electrons. The summed E-state index contributed by atoms with van der Waals surface area (Å²) >= 11 is 0. The molecule has 0 saturated carbocycles. The number of nitrogens with zero attached hydrogens (tertiary/aromatic N) is 1. The molecule has 7 nitrogen and oxygen atoms in total. The molecule has 31 heavy (non-hydrogen) atoms. The summed E-state index contributed by atoms with van der Waals surface area (Å²) in [6.45, 7) is 1.43. The van der Waals surface area contributed by atoms with Crippen LogP contribution in [0.15, 0.2) is 77.7 Å². The average molecular weight is 441 g/mol. The monoisotopic (exact) mass is 440 g/mol. The largest absolute Gasteiger partial charge is 0.497 e. The molecule has 0 heterocycles. The van der Waals surface area contributed by atoms with Gasteiger partial charge in [0.2, 0.25) is 5.91 Å². The van der Waals surface area contributed by atoms with Gasteiger partial charge in [0, 0.05) is 11.8 Å². The first kappa shape index (κ1) is 22.2. The number of para-hydroxylation sites is 1. The normalized spacial score (nSPS) is 10.9. The van der Waals surface area contributed by atoms with E-state index < -0.39 is 22.5 Å². The zero-order valence-electron chi connectivity index (χ0n) is 17.5. The van der Waals surface area contributed by atoms with Gasteiger partial charge in [-0.15, -0.1) is 0 Å². The molecule has 3 rings (SSSR count). The second-order valence-corrected chi connectivity index (χ2v) is 8.64. The number of aryl methyl sites for hydroxylation is 1. The van der Waals surface area contributed by atoms with Gasteiger partial charge in [0.15, 0.2) is 0 Å². The molecular formula is C23H24N2O5S. The Labute approximate surface area is 182 Å². The lowest BCUT2D eigenvalue weighted by Crippen LogP contribution is -2.38. The topological polar surface area (TPSA) is 84.9 Å². The first-order valence-electron chi connectivity index (χ1n) is 9.51. The Kier molecular flexibility index (Phi) is 6.81. The van der Waals surface area contributed by atoms with Crippen LogP contribution in [0.25, 0.3) is 0 Å². The summed E-state index contributed by atoms with van der Waals surface area (Å²) in [5.41, 5.74) is 1.73. The second-order valence-electron chi connectivity index (χ2n) is 6.78. The van der Waals surface area contributed by atoms with Gasteiger partial charge in [0.25, 0.3) is 10.0 Å². The van der Waals surface area contributed by atoms with Crippen molar-refractivity contribution in [2.45, 2.75) is 11.8 Å². The maximum atomic E-state index is 13.5. The maximum absolute atomic E-state index is 13.5. The van der Waals surface area contributed by atoms with Gasteiger partial charge in [-0.3, -0.25) is 9.10 Å². The Morgan fingerprint density at radius 3 is 2.23 bits per heavy atom. The highest BCUT2D eigenvalue weighted by atomic mass is 32.2. The number of methoxy groups -OCH3 is 2. The lowest BCUT2D eigenvalue weighted by Gasteiger charge is -2.26. The van der Waals surface area contributed by atoms with Gasteiger partial charge in [-0.25, -0.2) is 8.42 Å². The van der Waals surface area contributed by atoms with Crippen molar-refractivity contribution in [2.24, 2.45) is 0 Å². The van der Waals surface area contributed by atoms with E-state index in [0.717, 1.165) is 9.87 Å². The van der Waals surface area contributed by atoms with E-state index in [1.165, 1.54) is 26.4 Å². The minimum Gasteiger partial charge on any atom is -0.497 e. The molecule has 0 unspecified atom stereocenters. The SMILES string of the molecule is COc1ccc(N(CC(=O)Nc2ccccc2)S(=O)(=O)c2ccc(C)cc2)c(OC)c1. The first-order chi connectivity index (χ1) is 14.8. The van der Waals surface area contributed by atoms with Crippen molar-refractivity contribution in [3.63, 3.8) is 0 Å². The smallest absolute Gasteiger partial charge is 0.264 e. The van der Waals surface area contributed by atoms with E-state index in [-0.39, 0.29) is 16.3 Å². The predicted octanol–water partition coefficient (Wildman–Crippen LogP) is 3.85. The fourth-order valence-electron chi connectivity index (χ4n) is 2.98. The lowest BCUT2D eigenvalue weighted by atomic mass is 10.2. The molecule has 3 aromatic rings. The van der Waals surface area contributed by atoms with Crippen molar-refractivity contribution in [3.8, 4) is 11.5 Å². The number of benzene rings is 3. The number of anilines is 2. The van der Waals surface area contributed by atoms with Crippen molar-refractivity contribution in [1.82, 2.24) is 0 Å². The number of carbonyl (C=O) groups is 1. The quantitative estimate of drug-likeness (QED) is 0.575. The van der Waals surface area contributed by atoms with Crippen LogP contribution in [0, 0.1) is 6.92 Å². The molecule has 8 heteroatoms. The van der Waals surface area contributed by atoms with Gasteiger partial charge in [0.1, 0.15) is 18.0 Å². The molecule has 0 aliphatic carbocycles. The van der Waals surface area contributed by atoms with Crippen molar-refractivity contribution < 1.29 is 22.7 Å². The van der Waals surface area contributed by atoms with Crippen molar-refractivity contribution in [1.29, 1.82) is 0 Å². The Morgan fingerprint density at radius 1 is 0.935 bits per heavy atom. The summed E-state index contributed by atoms with van der Waals surface area (Å²) in [6, 6.07) is 20.0. The molecule has 0 bridgehead atoms. The zero-order chi connectivity index (χ0) is 22.4. The van der Waals surface area contributed by atoms with E-state index in [0.29, 0.717) is 11.4 Å². The fraction of sp³-hybridized carbons (Fsp3) is 0.174. The number of sulfonamides is 1. The van der Waals surface area contributed by atoms with Crippen molar-refractivity contribution in [3.05, 3.63) is 78.4 Å². The number of hydrogen-bond acceptors (Lipinski definition) is 5. The van der Waals surface area contributed by atoms with Gasteiger partial charge >= 0.3 is 0 Å². The third kappa shape index (κ3) is 5.16. The van der Waals surface area contributed by atoms with Crippen LogP contribution in [0.5, 0.6) is 11.5 Å². The highest BCUT2D eigenvalue weighted by molar-refractivity contribution is 7.92. The lowest BCUT2D eigenvalue weighted by molar-refractivity contribution is -0.114. The van der Waals surface area contributed by atoms with E-state index in [4.69, 9.17) is 9.47 Å². The summed E-state index contributed by atoms with van der Waals surface area (Å²) in [7, 11) is -1.13. The summed E-state index contributed by atoms with van der Waals surface area (Å²) in [5.74, 6) is 0.282. The molecule has 0 aromatic heterocycles. The molecule has 0 fully saturated rings. The van der Waals surface area contributed by atoms with Crippen LogP contribution >= 0.6 is 0 Å². The standard InChI is InChI=1S/C23H24N2O5S/c1-17-9-12-20(13-10-17)31(27,28)25(16-23(26)24-18-7-5-4-6-8-18)21-14-11-19(29-2)15-22(21)30-3/h4-15H,16H2,1-3H3,(H,24,26). The van der Waals surface area contributed by atoms with E-state index in [9.17, 15) is 13.2 Å². The second kappa shape index (κ2) is 9.53. The number of nitrogens with one attached hydrogen (secondary N) is 1. The number of carbonyl (C=O) groups excluding carboxylic acids is 1. The summed E-state index contributed by atoms with van der Waals surface area (Å²) in [6.07, 6.45) is 0. The van der Waals surface area contributed by atoms with Crippen LogP contribution in [0.3, 0.4) is 0 Å². The van der Waals surface area contributed by atoms with Crippen molar-refractivity contribution in [2.75, 3.05) is 30.4 Å². The van der Waals surface area contributed by atoms with Gasteiger partial charge in [0.05, 0.1) is 24.8 Å². The van der Waals surface area contributed by atoms with Crippen LogP contribution in [0.4, 0.5) is 11.4 Å². The number of ether oxygens (including phenoxy) is 2. The Balaban J connectivity index is 2.03. The summed E-state index contributed by atoms with van der Waals surface area (Å²) in [5, 5.41) is 2.72. The van der Waals surface area contributed by atoms with E-state index in [1.807, 2.05) is 13.0 Å². The molecule has 1 amide bonds. The fourth-order valence-corrected chi connectivity index (χ4v) is 4.41. The third-order valence-corrected chi connectivity index (χ3v) is 6.38. The first-order valence-corrected chi connectivity index (χ1v) is 11.0. The van der Waals surface area contributed by atoms with Crippen LogP contribution < -0.4 is 19.1 Å². The third-order valence-electron chi connectivity index (χ3n) is 4.61. The van der Waals surface area contributed by atoms with Crippen molar-refractivity contribution >= 4 is 27.3 Å². The Bertz CT molecular complexity index is 1150. The average Bonchev–Trinajstić information content (AvgIpc) is 2.78. The summed E-state index contributed by atoms with van der Waals surface area (Å²) in [4.78, 5) is 12.8. The molecule has 0 saturated heterocycles. The van der Waals surface area contributed by atoms with E-state index in [1.54, 1.807) is 54.6 Å². The number of hydrogen-bond donors (Lipinski definition) is 1. The van der Waals surface area contributed by atoms with Crippen LogP contribution in [0.2, 0.25) is 0 Å². The van der Waals surface area contributed by atoms with Crippen LogP contribution in [-0.2, 0) is 14.8 Å². The van der Waals surface area contributed by atoms with E-state index in [2.05, 4.69) is 5.32 Å².